The monoisotopic (exact) mass is 490 g/mol. The maximum atomic E-state index is 12.8. The number of nitrogens with one attached hydrogen (secondary N) is 1. The summed E-state index contributed by atoms with van der Waals surface area (Å²) in [6.07, 6.45) is 1.66. The minimum absolute atomic E-state index is 0. The molecule has 0 spiro atoms. The minimum Gasteiger partial charge on any atom is -0.505 e. The van der Waals surface area contributed by atoms with E-state index in [9.17, 15) is 14.7 Å². The lowest BCUT2D eigenvalue weighted by Crippen LogP contribution is -2.43. The predicted molar refractivity (Wildman–Crippen MR) is 123 cm³/mol. The van der Waals surface area contributed by atoms with Crippen molar-refractivity contribution in [2.45, 2.75) is 25.3 Å². The third-order valence-electron chi connectivity index (χ3n) is 4.31. The van der Waals surface area contributed by atoms with Crippen molar-refractivity contribution in [3.63, 3.8) is 0 Å². The van der Waals surface area contributed by atoms with Gasteiger partial charge >= 0.3 is 5.97 Å². The summed E-state index contributed by atoms with van der Waals surface area (Å²) in [5.74, 6) is -1.75. The Labute approximate surface area is 197 Å². The lowest BCUT2D eigenvalue weighted by atomic mass is 10.1. The Morgan fingerprint density at radius 1 is 1.19 bits per heavy atom. The normalized spacial score (nSPS) is 11.2. The van der Waals surface area contributed by atoms with Gasteiger partial charge in [-0.2, -0.15) is 0 Å². The average molecular weight is 492 g/mol. The first-order valence-corrected chi connectivity index (χ1v) is 10.1. The van der Waals surface area contributed by atoms with E-state index < -0.39 is 23.7 Å². The predicted octanol–water partition coefficient (Wildman–Crippen LogP) is 3.75. The maximum Gasteiger partial charge on any atom is 0.328 e. The van der Waals surface area contributed by atoms with Gasteiger partial charge in [-0.05, 0) is 31.0 Å². The van der Waals surface area contributed by atoms with E-state index in [4.69, 9.17) is 38.4 Å². The van der Waals surface area contributed by atoms with E-state index in [0.717, 1.165) is 12.0 Å². The summed E-state index contributed by atoms with van der Waals surface area (Å²) in [5, 5.41) is 12.8. The maximum absolute atomic E-state index is 12.8. The molecule has 1 atom stereocenters. The summed E-state index contributed by atoms with van der Waals surface area (Å²) in [6, 6.07) is 9.42. The van der Waals surface area contributed by atoms with Gasteiger partial charge in [-0.15, -0.1) is 12.4 Å². The number of benzene rings is 2. The topological polar surface area (TPSA) is 111 Å². The highest BCUT2D eigenvalue weighted by Gasteiger charge is 2.26. The molecule has 0 radical (unpaired) electrons. The van der Waals surface area contributed by atoms with Crippen molar-refractivity contribution in [1.29, 1.82) is 0 Å². The highest BCUT2D eigenvalue weighted by molar-refractivity contribution is 6.39. The lowest BCUT2D eigenvalue weighted by Gasteiger charge is -2.18. The van der Waals surface area contributed by atoms with Crippen LogP contribution in [-0.2, 0) is 16.0 Å². The second-order valence-electron chi connectivity index (χ2n) is 6.48. The second kappa shape index (κ2) is 13.3. The number of hydrogen-bond acceptors (Lipinski definition) is 6. The minimum atomic E-state index is -0.964. The van der Waals surface area contributed by atoms with Gasteiger partial charge in [-0.25, -0.2) is 4.79 Å². The zero-order valence-corrected chi connectivity index (χ0v) is 19.2. The van der Waals surface area contributed by atoms with Crippen LogP contribution in [0.25, 0.3) is 0 Å². The third-order valence-corrected chi connectivity index (χ3v) is 4.94. The summed E-state index contributed by atoms with van der Waals surface area (Å²) in [5.41, 5.74) is 6.09. The zero-order valence-electron chi connectivity index (χ0n) is 16.9. The number of esters is 1. The second-order valence-corrected chi connectivity index (χ2v) is 7.27. The van der Waals surface area contributed by atoms with Crippen molar-refractivity contribution >= 4 is 47.5 Å². The van der Waals surface area contributed by atoms with Crippen LogP contribution in [0.5, 0.6) is 11.5 Å². The summed E-state index contributed by atoms with van der Waals surface area (Å²) in [4.78, 5) is 24.9. The lowest BCUT2D eigenvalue weighted by molar-refractivity contribution is -0.142. The number of amides is 1. The van der Waals surface area contributed by atoms with Gasteiger partial charge in [-0.3, -0.25) is 4.79 Å². The number of aromatic hydroxyl groups is 1. The number of rotatable bonds is 10. The largest absolute Gasteiger partial charge is 0.505 e. The summed E-state index contributed by atoms with van der Waals surface area (Å²) in [6.45, 7) is 0.836. The molecule has 0 fully saturated rings. The van der Waals surface area contributed by atoms with Gasteiger partial charge in [0, 0.05) is 6.42 Å². The molecule has 1 amide bonds. The van der Waals surface area contributed by atoms with Crippen molar-refractivity contribution in [2.24, 2.45) is 5.73 Å². The third kappa shape index (κ3) is 7.47. The first-order chi connectivity index (χ1) is 14.4. The van der Waals surface area contributed by atoms with Crippen LogP contribution in [0.4, 0.5) is 0 Å². The molecule has 0 heterocycles. The van der Waals surface area contributed by atoms with E-state index in [1.807, 2.05) is 30.3 Å². The highest BCUT2D eigenvalue weighted by atomic mass is 35.5. The van der Waals surface area contributed by atoms with Crippen LogP contribution < -0.4 is 15.8 Å². The molecular weight excluding hydrogens is 467 g/mol. The summed E-state index contributed by atoms with van der Waals surface area (Å²) >= 11 is 12.4. The van der Waals surface area contributed by atoms with Gasteiger partial charge in [0.2, 0.25) is 0 Å². The summed E-state index contributed by atoms with van der Waals surface area (Å²) < 4.78 is 10.3. The fraction of sp³-hybridized carbons (Fsp3) is 0.333. The Bertz CT molecular complexity index is 881. The van der Waals surface area contributed by atoms with Gasteiger partial charge in [0.15, 0.2) is 11.5 Å². The Hall–Kier alpha value is -2.19. The number of carbonyl (C=O) groups is 2. The quantitative estimate of drug-likeness (QED) is 0.345. The number of phenolic OH excluding ortho intramolecular Hbond substituents is 1. The van der Waals surface area contributed by atoms with E-state index in [2.05, 4.69) is 5.32 Å². The van der Waals surface area contributed by atoms with Crippen LogP contribution in [-0.4, -0.2) is 43.3 Å². The van der Waals surface area contributed by atoms with Crippen LogP contribution in [0.2, 0.25) is 10.0 Å². The first kappa shape index (κ1) is 26.8. The van der Waals surface area contributed by atoms with Crippen molar-refractivity contribution in [3.05, 3.63) is 57.6 Å². The van der Waals surface area contributed by atoms with Gasteiger partial charge in [0.05, 0.1) is 24.3 Å². The summed E-state index contributed by atoms with van der Waals surface area (Å²) in [7, 11) is 1.23. The van der Waals surface area contributed by atoms with Gasteiger partial charge in [0.1, 0.15) is 11.1 Å². The van der Waals surface area contributed by atoms with E-state index in [1.165, 1.54) is 13.2 Å². The number of ether oxygens (including phenoxy) is 2. The van der Waals surface area contributed by atoms with E-state index in [-0.39, 0.29) is 40.2 Å². The Morgan fingerprint density at radius 2 is 1.87 bits per heavy atom. The van der Waals surface area contributed by atoms with Crippen molar-refractivity contribution in [3.8, 4) is 11.5 Å². The number of phenols is 1. The molecule has 0 bridgehead atoms. The molecule has 2 aromatic rings. The van der Waals surface area contributed by atoms with Crippen LogP contribution in [0.15, 0.2) is 36.4 Å². The number of methoxy groups -OCH3 is 1. The molecule has 170 valence electrons. The van der Waals surface area contributed by atoms with Crippen molar-refractivity contribution < 1.29 is 24.2 Å². The van der Waals surface area contributed by atoms with Gasteiger partial charge in [-0.1, -0.05) is 53.5 Å². The van der Waals surface area contributed by atoms with E-state index in [0.29, 0.717) is 19.6 Å². The SMILES string of the molecule is COC(=O)[C@H](Cc1ccccc1)NC(=O)c1cc(Cl)c(OCCCCN)c(Cl)c1O.Cl. The van der Waals surface area contributed by atoms with Gasteiger partial charge < -0.3 is 25.6 Å². The van der Waals surface area contributed by atoms with E-state index >= 15 is 0 Å². The molecule has 2 rings (SSSR count). The molecule has 31 heavy (non-hydrogen) atoms. The molecule has 4 N–H and O–H groups in total. The zero-order chi connectivity index (χ0) is 22.1. The number of unbranched alkanes of at least 4 members (excludes halogenated alkanes) is 1. The standard InChI is InChI=1S/C21H24Cl2N2O5.ClH/c1-29-21(28)16(11-13-7-3-2-4-8-13)25-20(27)14-12-15(22)19(17(23)18(14)26)30-10-6-5-9-24;/h2-4,7-8,12,16,26H,5-6,9-11,24H2,1H3,(H,25,27);1H/t16-;/m0./s1. The van der Waals surface area contributed by atoms with Crippen molar-refractivity contribution in [2.75, 3.05) is 20.3 Å². The average Bonchev–Trinajstić information content (AvgIpc) is 2.75. The van der Waals surface area contributed by atoms with Crippen LogP contribution in [0.1, 0.15) is 28.8 Å². The first-order valence-electron chi connectivity index (χ1n) is 9.35. The highest BCUT2D eigenvalue weighted by Crippen LogP contribution is 2.42. The molecule has 0 saturated carbocycles. The molecule has 7 nitrogen and oxygen atoms in total. The fourth-order valence-electron chi connectivity index (χ4n) is 2.74. The smallest absolute Gasteiger partial charge is 0.328 e. The number of hydrogen-bond donors (Lipinski definition) is 3. The van der Waals surface area contributed by atoms with Crippen molar-refractivity contribution in [1.82, 2.24) is 5.32 Å². The molecule has 0 aliphatic carbocycles. The Balaban J connectivity index is 0.00000480. The number of carbonyl (C=O) groups excluding carboxylic acids is 2. The van der Waals surface area contributed by atoms with Crippen LogP contribution >= 0.6 is 35.6 Å². The van der Waals surface area contributed by atoms with Gasteiger partial charge in [0.25, 0.3) is 5.91 Å². The fourth-order valence-corrected chi connectivity index (χ4v) is 3.30. The number of halogens is 3. The molecule has 0 saturated heterocycles. The van der Waals surface area contributed by atoms with Crippen LogP contribution in [0.3, 0.4) is 0 Å². The molecule has 0 aromatic heterocycles. The van der Waals surface area contributed by atoms with Crippen LogP contribution in [0, 0.1) is 0 Å². The molecular formula is C21H25Cl3N2O5. The van der Waals surface area contributed by atoms with E-state index in [1.54, 1.807) is 0 Å². The Morgan fingerprint density at radius 3 is 2.48 bits per heavy atom. The molecule has 0 aliphatic rings. The Kier molecular flexibility index (Phi) is 11.5. The molecule has 2 aromatic carbocycles. The molecule has 10 heteroatoms. The molecule has 0 aliphatic heterocycles. The number of nitrogens with two attached hydrogens (primary N) is 1. The molecule has 0 unspecified atom stereocenters.